The van der Waals surface area contributed by atoms with Crippen LogP contribution in [0.5, 0.6) is 0 Å². The number of amides is 1. The molecule has 4 heteroatoms. The van der Waals surface area contributed by atoms with Crippen LogP contribution < -0.4 is 10.2 Å². The number of para-hydroxylation sites is 1. The molecule has 2 rings (SSSR count). The van der Waals surface area contributed by atoms with Crippen molar-refractivity contribution in [3.8, 4) is 0 Å². The van der Waals surface area contributed by atoms with Crippen molar-refractivity contribution < 1.29 is 4.79 Å². The molecule has 110 valence electrons. The summed E-state index contributed by atoms with van der Waals surface area (Å²) < 4.78 is 0. The van der Waals surface area contributed by atoms with Crippen LogP contribution in [-0.4, -0.2) is 24.5 Å². The van der Waals surface area contributed by atoms with E-state index < -0.39 is 0 Å². The quantitative estimate of drug-likeness (QED) is 0.881. The largest absolute Gasteiger partial charge is 0.372 e. The van der Waals surface area contributed by atoms with Gasteiger partial charge in [0.15, 0.2) is 0 Å². The van der Waals surface area contributed by atoms with Crippen molar-refractivity contribution in [1.82, 2.24) is 4.98 Å². The van der Waals surface area contributed by atoms with Gasteiger partial charge in [-0.2, -0.15) is 0 Å². The van der Waals surface area contributed by atoms with Crippen LogP contribution in [0.15, 0.2) is 48.7 Å². The van der Waals surface area contributed by atoms with Crippen LogP contribution in [0.2, 0.25) is 0 Å². The molecule has 0 spiro atoms. The SMILES string of the molecule is CCCCN(C(=O)c1cccnc1NC)c1ccccc1. The minimum atomic E-state index is -0.0212. The molecule has 1 aromatic heterocycles. The van der Waals surface area contributed by atoms with Crippen LogP contribution in [0.3, 0.4) is 0 Å². The van der Waals surface area contributed by atoms with Crippen molar-refractivity contribution in [3.63, 3.8) is 0 Å². The van der Waals surface area contributed by atoms with Gasteiger partial charge in [0.1, 0.15) is 5.82 Å². The van der Waals surface area contributed by atoms with Crippen molar-refractivity contribution >= 4 is 17.4 Å². The van der Waals surface area contributed by atoms with Crippen LogP contribution in [-0.2, 0) is 0 Å². The number of anilines is 2. The fourth-order valence-electron chi connectivity index (χ4n) is 2.19. The molecule has 1 aromatic carbocycles. The van der Waals surface area contributed by atoms with Gasteiger partial charge in [0, 0.05) is 25.5 Å². The van der Waals surface area contributed by atoms with Gasteiger partial charge in [-0.3, -0.25) is 4.79 Å². The van der Waals surface area contributed by atoms with Crippen LogP contribution in [0.1, 0.15) is 30.1 Å². The van der Waals surface area contributed by atoms with E-state index in [1.165, 1.54) is 0 Å². The molecule has 0 aliphatic carbocycles. The van der Waals surface area contributed by atoms with Crippen molar-refractivity contribution in [1.29, 1.82) is 0 Å². The molecule has 0 atom stereocenters. The maximum Gasteiger partial charge on any atom is 0.262 e. The van der Waals surface area contributed by atoms with E-state index >= 15 is 0 Å². The maximum absolute atomic E-state index is 12.9. The van der Waals surface area contributed by atoms with Crippen molar-refractivity contribution in [3.05, 3.63) is 54.2 Å². The third-order valence-corrected chi connectivity index (χ3v) is 3.32. The Labute approximate surface area is 125 Å². The fourth-order valence-corrected chi connectivity index (χ4v) is 2.19. The van der Waals surface area contributed by atoms with E-state index in [1.807, 2.05) is 41.3 Å². The predicted molar refractivity (Wildman–Crippen MR) is 86.8 cm³/mol. The smallest absolute Gasteiger partial charge is 0.262 e. The number of pyridine rings is 1. The highest BCUT2D eigenvalue weighted by molar-refractivity contribution is 6.09. The number of unbranched alkanes of at least 4 members (excludes halogenated alkanes) is 1. The summed E-state index contributed by atoms with van der Waals surface area (Å²) in [6, 6.07) is 13.4. The second-order valence-corrected chi connectivity index (χ2v) is 4.80. The monoisotopic (exact) mass is 283 g/mol. The summed E-state index contributed by atoms with van der Waals surface area (Å²) in [6.45, 7) is 2.83. The molecular formula is C17H21N3O. The average molecular weight is 283 g/mol. The standard InChI is InChI=1S/C17H21N3O/c1-3-4-13-20(14-9-6-5-7-10-14)17(21)15-11-8-12-19-16(15)18-2/h5-12H,3-4,13H2,1-2H3,(H,18,19). The first-order chi connectivity index (χ1) is 10.3. The topological polar surface area (TPSA) is 45.2 Å². The van der Waals surface area contributed by atoms with E-state index in [0.29, 0.717) is 17.9 Å². The minimum absolute atomic E-state index is 0.0212. The molecule has 1 amide bonds. The van der Waals surface area contributed by atoms with Gasteiger partial charge < -0.3 is 10.2 Å². The van der Waals surface area contributed by atoms with E-state index in [-0.39, 0.29) is 5.91 Å². The molecule has 4 nitrogen and oxygen atoms in total. The summed E-state index contributed by atoms with van der Waals surface area (Å²) in [6.07, 6.45) is 3.69. The van der Waals surface area contributed by atoms with Gasteiger partial charge >= 0.3 is 0 Å². The zero-order chi connectivity index (χ0) is 15.1. The molecule has 1 N–H and O–H groups in total. The van der Waals surface area contributed by atoms with Gasteiger partial charge in [-0.15, -0.1) is 0 Å². The molecule has 0 aliphatic rings. The lowest BCUT2D eigenvalue weighted by molar-refractivity contribution is 0.0987. The third kappa shape index (κ3) is 3.60. The molecule has 2 aromatic rings. The maximum atomic E-state index is 12.9. The van der Waals surface area contributed by atoms with Crippen molar-refractivity contribution in [2.45, 2.75) is 19.8 Å². The van der Waals surface area contributed by atoms with Crippen molar-refractivity contribution in [2.24, 2.45) is 0 Å². The van der Waals surface area contributed by atoms with E-state index in [4.69, 9.17) is 0 Å². The highest BCUT2D eigenvalue weighted by atomic mass is 16.2. The molecule has 0 radical (unpaired) electrons. The lowest BCUT2D eigenvalue weighted by Crippen LogP contribution is -2.32. The summed E-state index contributed by atoms with van der Waals surface area (Å²) in [5.41, 5.74) is 1.52. The zero-order valence-electron chi connectivity index (χ0n) is 12.5. The number of hydrogen-bond acceptors (Lipinski definition) is 3. The number of carbonyl (C=O) groups is 1. The molecule has 0 bridgehead atoms. The normalized spacial score (nSPS) is 10.2. The average Bonchev–Trinajstić information content (AvgIpc) is 2.56. The molecule has 0 aliphatic heterocycles. The highest BCUT2D eigenvalue weighted by Crippen LogP contribution is 2.20. The van der Waals surface area contributed by atoms with Crippen LogP contribution in [0.25, 0.3) is 0 Å². The summed E-state index contributed by atoms with van der Waals surface area (Å²) in [5.74, 6) is 0.590. The van der Waals surface area contributed by atoms with Crippen LogP contribution >= 0.6 is 0 Å². The Morgan fingerprint density at radius 2 is 1.95 bits per heavy atom. The van der Waals surface area contributed by atoms with Gasteiger partial charge in [0.2, 0.25) is 0 Å². The van der Waals surface area contributed by atoms with Crippen LogP contribution in [0, 0.1) is 0 Å². The Morgan fingerprint density at radius 3 is 2.62 bits per heavy atom. The number of rotatable bonds is 6. The zero-order valence-corrected chi connectivity index (χ0v) is 12.5. The van der Waals surface area contributed by atoms with Gasteiger partial charge in [0.25, 0.3) is 5.91 Å². The number of nitrogens with zero attached hydrogens (tertiary/aromatic N) is 2. The Hall–Kier alpha value is -2.36. The van der Waals surface area contributed by atoms with Gasteiger partial charge in [-0.1, -0.05) is 31.5 Å². The summed E-state index contributed by atoms with van der Waals surface area (Å²) in [7, 11) is 1.78. The molecule has 0 fully saturated rings. The highest BCUT2D eigenvalue weighted by Gasteiger charge is 2.20. The molecule has 21 heavy (non-hydrogen) atoms. The molecular weight excluding hydrogens is 262 g/mol. The lowest BCUT2D eigenvalue weighted by Gasteiger charge is -2.23. The Kier molecular flexibility index (Phi) is 5.32. The third-order valence-electron chi connectivity index (χ3n) is 3.32. The Bertz CT molecular complexity index is 584. The van der Waals surface area contributed by atoms with Gasteiger partial charge in [0.05, 0.1) is 5.56 Å². The number of hydrogen-bond donors (Lipinski definition) is 1. The first-order valence-corrected chi connectivity index (χ1v) is 7.27. The van der Waals surface area contributed by atoms with Gasteiger partial charge in [-0.25, -0.2) is 4.98 Å². The first-order valence-electron chi connectivity index (χ1n) is 7.27. The molecule has 0 unspecified atom stereocenters. The first kappa shape index (κ1) is 15.0. The predicted octanol–water partition coefficient (Wildman–Crippen LogP) is 3.57. The second-order valence-electron chi connectivity index (χ2n) is 4.80. The number of nitrogens with one attached hydrogen (secondary N) is 1. The van der Waals surface area contributed by atoms with Crippen molar-refractivity contribution in [2.75, 3.05) is 23.8 Å². The van der Waals surface area contributed by atoms with Gasteiger partial charge in [-0.05, 0) is 30.7 Å². The van der Waals surface area contributed by atoms with Crippen LogP contribution in [0.4, 0.5) is 11.5 Å². The summed E-state index contributed by atoms with van der Waals surface area (Å²) in [5, 5.41) is 2.98. The van der Waals surface area contributed by atoms with E-state index in [0.717, 1.165) is 18.5 Å². The van der Waals surface area contributed by atoms with E-state index in [9.17, 15) is 4.79 Å². The number of aromatic nitrogens is 1. The minimum Gasteiger partial charge on any atom is -0.372 e. The Balaban J connectivity index is 2.34. The van der Waals surface area contributed by atoms with E-state index in [1.54, 1.807) is 19.3 Å². The lowest BCUT2D eigenvalue weighted by atomic mass is 10.1. The fraction of sp³-hybridized carbons (Fsp3) is 0.294. The second kappa shape index (κ2) is 7.43. The summed E-state index contributed by atoms with van der Waals surface area (Å²) >= 11 is 0. The summed E-state index contributed by atoms with van der Waals surface area (Å²) in [4.78, 5) is 18.9. The molecule has 0 saturated carbocycles. The number of benzene rings is 1. The molecule has 1 heterocycles. The Morgan fingerprint density at radius 1 is 1.19 bits per heavy atom. The molecule has 0 saturated heterocycles. The number of carbonyl (C=O) groups excluding carboxylic acids is 1. The van der Waals surface area contributed by atoms with E-state index in [2.05, 4.69) is 17.2 Å².